The summed E-state index contributed by atoms with van der Waals surface area (Å²) in [6.45, 7) is 4.13. The van der Waals surface area contributed by atoms with Crippen LogP contribution in [0.2, 0.25) is 5.02 Å². The van der Waals surface area contributed by atoms with Crippen LogP contribution in [0.15, 0.2) is 53.1 Å². The average Bonchev–Trinajstić information content (AvgIpc) is 3.07. The molecule has 0 aliphatic rings. The summed E-state index contributed by atoms with van der Waals surface area (Å²) in [5.74, 6) is 0.0119. The highest BCUT2D eigenvalue weighted by molar-refractivity contribution is 6.30. The van der Waals surface area contributed by atoms with Gasteiger partial charge in [-0.05, 0) is 49.2 Å². The van der Waals surface area contributed by atoms with E-state index in [0.29, 0.717) is 22.9 Å². The van der Waals surface area contributed by atoms with E-state index in [4.69, 9.17) is 20.9 Å². The first kappa shape index (κ1) is 21.4. The number of ether oxygens (including phenoxy) is 1. The molecule has 2 aromatic carbocycles. The van der Waals surface area contributed by atoms with Crippen LogP contribution in [0, 0.1) is 13.8 Å². The molecule has 0 radical (unpaired) electrons. The Morgan fingerprint density at radius 2 is 1.70 bits per heavy atom. The molecule has 0 spiro atoms. The lowest BCUT2D eigenvalue weighted by atomic mass is 10.1. The SMILES string of the molecule is Cc1noc(C(=O)N(C)Cc2ccc(NC(=O)OCc3ccc(Cl)cc3)cc2)c1C. The summed E-state index contributed by atoms with van der Waals surface area (Å²) in [5, 5.41) is 7.12. The largest absolute Gasteiger partial charge is 0.444 e. The molecule has 8 heteroatoms. The van der Waals surface area contributed by atoms with Crippen molar-refractivity contribution in [3.63, 3.8) is 0 Å². The number of anilines is 1. The number of aromatic nitrogens is 1. The molecule has 0 bridgehead atoms. The number of benzene rings is 2. The molecule has 3 aromatic rings. The van der Waals surface area contributed by atoms with Gasteiger partial charge in [0.2, 0.25) is 5.76 Å². The number of carbonyl (C=O) groups excluding carboxylic acids is 2. The van der Waals surface area contributed by atoms with Gasteiger partial charge in [0.15, 0.2) is 0 Å². The summed E-state index contributed by atoms with van der Waals surface area (Å²) in [7, 11) is 1.69. The molecule has 0 unspecified atom stereocenters. The molecule has 2 amide bonds. The van der Waals surface area contributed by atoms with Crippen molar-refractivity contribution in [2.45, 2.75) is 27.0 Å². The molecule has 0 saturated carbocycles. The maximum Gasteiger partial charge on any atom is 0.411 e. The van der Waals surface area contributed by atoms with Gasteiger partial charge in [0.05, 0.1) is 5.69 Å². The van der Waals surface area contributed by atoms with Gasteiger partial charge in [-0.15, -0.1) is 0 Å². The van der Waals surface area contributed by atoms with Crippen molar-refractivity contribution in [1.82, 2.24) is 10.1 Å². The molecule has 7 nitrogen and oxygen atoms in total. The fourth-order valence-corrected chi connectivity index (χ4v) is 2.84. The topological polar surface area (TPSA) is 84.7 Å². The smallest absolute Gasteiger partial charge is 0.411 e. The fourth-order valence-electron chi connectivity index (χ4n) is 2.71. The van der Waals surface area contributed by atoms with E-state index in [1.807, 2.05) is 12.1 Å². The van der Waals surface area contributed by atoms with Crippen LogP contribution in [0.3, 0.4) is 0 Å². The standard InChI is InChI=1S/C22H22ClN3O4/c1-14-15(2)25-30-20(14)21(27)26(3)12-16-6-10-19(11-7-16)24-22(28)29-13-17-4-8-18(23)9-5-17/h4-11H,12-13H2,1-3H3,(H,24,28). The molecule has 0 atom stereocenters. The lowest BCUT2D eigenvalue weighted by Gasteiger charge is -2.16. The zero-order valence-corrected chi connectivity index (χ0v) is 17.7. The number of carbonyl (C=O) groups is 2. The van der Waals surface area contributed by atoms with Crippen LogP contribution < -0.4 is 5.32 Å². The van der Waals surface area contributed by atoms with Crippen molar-refractivity contribution in [1.29, 1.82) is 0 Å². The van der Waals surface area contributed by atoms with E-state index in [1.165, 1.54) is 0 Å². The predicted octanol–water partition coefficient (Wildman–Crippen LogP) is 4.97. The first-order valence-corrected chi connectivity index (χ1v) is 9.67. The van der Waals surface area contributed by atoms with Gasteiger partial charge in [-0.2, -0.15) is 0 Å². The van der Waals surface area contributed by atoms with E-state index in [0.717, 1.165) is 16.7 Å². The Balaban J connectivity index is 1.51. The van der Waals surface area contributed by atoms with Crippen molar-refractivity contribution >= 4 is 29.3 Å². The summed E-state index contributed by atoms with van der Waals surface area (Å²) in [4.78, 5) is 26.0. The van der Waals surface area contributed by atoms with Crippen LogP contribution in [0.25, 0.3) is 0 Å². The molecule has 1 heterocycles. The van der Waals surface area contributed by atoms with Gasteiger partial charge in [-0.1, -0.05) is 41.0 Å². The summed E-state index contributed by atoms with van der Waals surface area (Å²) in [6.07, 6.45) is -0.554. The highest BCUT2D eigenvalue weighted by atomic mass is 35.5. The third-order valence-electron chi connectivity index (χ3n) is 4.60. The Labute approximate surface area is 179 Å². The molecule has 156 valence electrons. The molecule has 1 aromatic heterocycles. The number of halogens is 1. The zero-order valence-electron chi connectivity index (χ0n) is 16.9. The molecule has 1 N–H and O–H groups in total. The molecular weight excluding hydrogens is 406 g/mol. The van der Waals surface area contributed by atoms with Gasteiger partial charge in [0.1, 0.15) is 6.61 Å². The van der Waals surface area contributed by atoms with E-state index in [-0.39, 0.29) is 18.3 Å². The molecule has 0 aliphatic heterocycles. The van der Waals surface area contributed by atoms with Crippen LogP contribution in [-0.2, 0) is 17.9 Å². The highest BCUT2D eigenvalue weighted by Crippen LogP contribution is 2.17. The molecule has 0 saturated heterocycles. The summed E-state index contributed by atoms with van der Waals surface area (Å²) < 4.78 is 10.3. The van der Waals surface area contributed by atoms with Crippen molar-refractivity contribution in [3.8, 4) is 0 Å². The van der Waals surface area contributed by atoms with Crippen molar-refractivity contribution < 1.29 is 18.8 Å². The monoisotopic (exact) mass is 427 g/mol. The normalized spacial score (nSPS) is 10.5. The third-order valence-corrected chi connectivity index (χ3v) is 4.85. The average molecular weight is 428 g/mol. The van der Waals surface area contributed by atoms with Gasteiger partial charge in [-0.25, -0.2) is 4.79 Å². The number of nitrogens with zero attached hydrogens (tertiary/aromatic N) is 2. The number of rotatable bonds is 6. The van der Waals surface area contributed by atoms with E-state index in [1.54, 1.807) is 62.2 Å². The van der Waals surface area contributed by atoms with E-state index < -0.39 is 6.09 Å². The number of hydrogen-bond acceptors (Lipinski definition) is 5. The van der Waals surface area contributed by atoms with Gasteiger partial charge >= 0.3 is 6.09 Å². The minimum absolute atomic E-state index is 0.147. The third kappa shape index (κ3) is 5.39. The quantitative estimate of drug-likeness (QED) is 0.600. The Kier molecular flexibility index (Phi) is 6.74. The number of nitrogens with one attached hydrogen (secondary N) is 1. The van der Waals surface area contributed by atoms with Crippen LogP contribution >= 0.6 is 11.6 Å². The molecular formula is C22H22ClN3O4. The van der Waals surface area contributed by atoms with Gasteiger partial charge in [0.25, 0.3) is 5.91 Å². The van der Waals surface area contributed by atoms with Crippen LogP contribution in [0.1, 0.15) is 32.9 Å². The van der Waals surface area contributed by atoms with Gasteiger partial charge in [0, 0.05) is 29.9 Å². The second-order valence-electron chi connectivity index (χ2n) is 6.91. The number of aryl methyl sites for hydroxylation is 1. The second kappa shape index (κ2) is 9.45. The molecule has 0 fully saturated rings. The lowest BCUT2D eigenvalue weighted by Crippen LogP contribution is -2.26. The van der Waals surface area contributed by atoms with Crippen molar-refractivity contribution in [2.75, 3.05) is 12.4 Å². The van der Waals surface area contributed by atoms with Gasteiger partial charge in [-0.3, -0.25) is 10.1 Å². The Bertz CT molecular complexity index is 1030. The lowest BCUT2D eigenvalue weighted by molar-refractivity contribution is 0.0742. The Morgan fingerprint density at radius 1 is 1.07 bits per heavy atom. The Hall–Kier alpha value is -3.32. The molecule has 3 rings (SSSR count). The maximum atomic E-state index is 12.5. The summed E-state index contributed by atoms with van der Waals surface area (Å²) in [6, 6.07) is 14.2. The summed E-state index contributed by atoms with van der Waals surface area (Å²) in [5.41, 5.74) is 3.78. The number of hydrogen-bond donors (Lipinski definition) is 1. The fraction of sp³-hybridized carbons (Fsp3) is 0.227. The molecule has 30 heavy (non-hydrogen) atoms. The van der Waals surface area contributed by atoms with Crippen molar-refractivity contribution in [2.24, 2.45) is 0 Å². The minimum atomic E-state index is -0.554. The molecule has 0 aliphatic carbocycles. The van der Waals surface area contributed by atoms with Crippen molar-refractivity contribution in [3.05, 3.63) is 81.7 Å². The van der Waals surface area contributed by atoms with E-state index in [2.05, 4.69) is 10.5 Å². The first-order chi connectivity index (χ1) is 14.3. The summed E-state index contributed by atoms with van der Waals surface area (Å²) >= 11 is 5.83. The number of amides is 2. The predicted molar refractivity (Wildman–Crippen MR) is 113 cm³/mol. The maximum absolute atomic E-state index is 12.5. The van der Waals surface area contributed by atoms with Gasteiger partial charge < -0.3 is 14.2 Å². The van der Waals surface area contributed by atoms with Crippen LogP contribution in [0.5, 0.6) is 0 Å². The van der Waals surface area contributed by atoms with E-state index in [9.17, 15) is 9.59 Å². The highest BCUT2D eigenvalue weighted by Gasteiger charge is 2.20. The zero-order chi connectivity index (χ0) is 21.7. The second-order valence-corrected chi connectivity index (χ2v) is 7.34. The first-order valence-electron chi connectivity index (χ1n) is 9.29. The van der Waals surface area contributed by atoms with Crippen LogP contribution in [0.4, 0.5) is 10.5 Å². The Morgan fingerprint density at radius 3 is 2.30 bits per heavy atom. The van der Waals surface area contributed by atoms with Crippen LogP contribution in [-0.4, -0.2) is 29.1 Å². The minimum Gasteiger partial charge on any atom is -0.444 e. The van der Waals surface area contributed by atoms with E-state index >= 15 is 0 Å².